The van der Waals surface area contributed by atoms with E-state index < -0.39 is 11.8 Å². The Morgan fingerprint density at radius 2 is 2.07 bits per heavy atom. The van der Waals surface area contributed by atoms with Gasteiger partial charge in [-0.25, -0.2) is 4.39 Å². The molecule has 2 N–H and O–H groups in total. The van der Waals surface area contributed by atoms with Crippen molar-refractivity contribution in [3.8, 4) is 5.75 Å². The van der Waals surface area contributed by atoms with E-state index in [-0.39, 0.29) is 5.75 Å². The summed E-state index contributed by atoms with van der Waals surface area (Å²) in [6, 6.07) is 4.53. The molecule has 2 nitrogen and oxygen atoms in total. The van der Waals surface area contributed by atoms with E-state index in [4.69, 9.17) is 0 Å². The number of hydrogen-bond donors (Lipinski definition) is 2. The number of aromatic hydroxyl groups is 1. The first kappa shape index (κ1) is 9.46. The number of phenolic OH excluding ortho intramolecular Hbond substituents is 1. The van der Waals surface area contributed by atoms with Crippen molar-refractivity contribution >= 4 is 0 Å². The maximum absolute atomic E-state index is 13.0. The summed E-state index contributed by atoms with van der Waals surface area (Å²) in [6.45, 7) is 1.44. The molecule has 1 aliphatic carbocycles. The highest BCUT2D eigenvalue weighted by Gasteiger charge is 2.44. The summed E-state index contributed by atoms with van der Waals surface area (Å²) in [4.78, 5) is 0. The van der Waals surface area contributed by atoms with Crippen LogP contribution < -0.4 is 0 Å². The average Bonchev–Trinajstić information content (AvgIpc) is 2.85. The molecule has 0 spiro atoms. The van der Waals surface area contributed by atoms with Crippen LogP contribution in [-0.2, 0) is 5.60 Å². The molecule has 0 heterocycles. The van der Waals surface area contributed by atoms with Gasteiger partial charge in [0.2, 0.25) is 0 Å². The number of hydrogen-bond acceptors (Lipinski definition) is 2. The lowest BCUT2D eigenvalue weighted by Gasteiger charge is -2.12. The van der Waals surface area contributed by atoms with E-state index >= 15 is 0 Å². The highest BCUT2D eigenvalue weighted by atomic mass is 19.1. The maximum Gasteiger partial charge on any atom is 0.122 e. The largest absolute Gasteiger partial charge is 0.508 e. The second kappa shape index (κ2) is 2.95. The fraction of sp³-hybridized carbons (Fsp3) is 0.455. The lowest BCUT2D eigenvalue weighted by Crippen LogP contribution is -2.05. The van der Waals surface area contributed by atoms with Crippen molar-refractivity contribution in [1.82, 2.24) is 0 Å². The third kappa shape index (κ3) is 1.48. The average molecular weight is 196 g/mol. The number of benzene rings is 1. The first-order chi connectivity index (χ1) is 6.53. The zero-order valence-electron chi connectivity index (χ0n) is 8.00. The van der Waals surface area contributed by atoms with Crippen LogP contribution in [-0.4, -0.2) is 10.2 Å². The minimum Gasteiger partial charge on any atom is -0.508 e. The smallest absolute Gasteiger partial charge is 0.122 e. The van der Waals surface area contributed by atoms with Crippen molar-refractivity contribution in [1.29, 1.82) is 0 Å². The van der Waals surface area contributed by atoms with Gasteiger partial charge in [-0.15, -0.1) is 0 Å². The van der Waals surface area contributed by atoms with Crippen LogP contribution in [0.15, 0.2) is 18.2 Å². The molecule has 1 atom stereocenters. The van der Waals surface area contributed by atoms with Gasteiger partial charge in [-0.3, -0.25) is 0 Å². The van der Waals surface area contributed by atoms with Crippen LogP contribution in [0.4, 0.5) is 4.39 Å². The Morgan fingerprint density at radius 1 is 1.43 bits per heavy atom. The molecule has 1 unspecified atom stereocenters. The lowest BCUT2D eigenvalue weighted by atomic mass is 10.0. The van der Waals surface area contributed by atoms with Gasteiger partial charge in [-0.2, -0.15) is 0 Å². The summed E-state index contributed by atoms with van der Waals surface area (Å²) in [5.41, 5.74) is 0.0484. The summed E-state index contributed by atoms with van der Waals surface area (Å²) in [5, 5.41) is 19.3. The molecule has 0 amide bonds. The summed E-state index contributed by atoms with van der Waals surface area (Å²) in [5.74, 6) is 0.0504. The SMILES string of the molecule is CC(F)c1ccc(O)c(C2(O)CC2)c1. The van der Waals surface area contributed by atoms with Gasteiger partial charge in [0.05, 0.1) is 5.60 Å². The normalized spacial score (nSPS) is 20.5. The van der Waals surface area contributed by atoms with Gasteiger partial charge in [0.25, 0.3) is 0 Å². The highest BCUT2D eigenvalue weighted by Crippen LogP contribution is 2.49. The molecule has 1 aliphatic rings. The van der Waals surface area contributed by atoms with E-state index in [9.17, 15) is 14.6 Å². The summed E-state index contributed by atoms with van der Waals surface area (Å²) in [6.07, 6.45) is 0.215. The van der Waals surface area contributed by atoms with Gasteiger partial charge in [-0.05, 0) is 37.5 Å². The van der Waals surface area contributed by atoms with Crippen LogP contribution >= 0.6 is 0 Å². The molecule has 1 saturated carbocycles. The van der Waals surface area contributed by atoms with Crippen LogP contribution in [0.3, 0.4) is 0 Å². The predicted molar refractivity (Wildman–Crippen MR) is 50.8 cm³/mol. The third-order valence-electron chi connectivity index (χ3n) is 2.70. The second-order valence-corrected chi connectivity index (χ2v) is 3.92. The number of rotatable bonds is 2. The summed E-state index contributed by atoms with van der Waals surface area (Å²) in [7, 11) is 0. The molecule has 1 aromatic rings. The molecule has 14 heavy (non-hydrogen) atoms. The zero-order chi connectivity index (χ0) is 10.3. The van der Waals surface area contributed by atoms with E-state index in [0.29, 0.717) is 24.0 Å². The van der Waals surface area contributed by atoms with Crippen LogP contribution in [0.2, 0.25) is 0 Å². The van der Waals surface area contributed by atoms with Crippen molar-refractivity contribution in [2.45, 2.75) is 31.5 Å². The van der Waals surface area contributed by atoms with Gasteiger partial charge in [0.15, 0.2) is 0 Å². The van der Waals surface area contributed by atoms with Gasteiger partial charge in [0, 0.05) is 5.56 Å². The van der Waals surface area contributed by atoms with E-state index in [1.807, 2.05) is 0 Å². The summed E-state index contributed by atoms with van der Waals surface area (Å²) < 4.78 is 13.0. The fourth-order valence-corrected chi connectivity index (χ4v) is 1.56. The fourth-order valence-electron chi connectivity index (χ4n) is 1.56. The van der Waals surface area contributed by atoms with Crippen molar-refractivity contribution in [3.05, 3.63) is 29.3 Å². The lowest BCUT2D eigenvalue weighted by molar-refractivity contribution is 0.147. The molecule has 0 bridgehead atoms. The molecule has 2 rings (SSSR count). The van der Waals surface area contributed by atoms with Gasteiger partial charge in [0.1, 0.15) is 11.9 Å². The number of phenols is 1. The quantitative estimate of drug-likeness (QED) is 0.762. The molecule has 1 fully saturated rings. The molecule has 0 saturated heterocycles. The molecule has 0 radical (unpaired) electrons. The topological polar surface area (TPSA) is 40.5 Å². The minimum absolute atomic E-state index is 0.0504. The molecule has 0 aliphatic heterocycles. The Hall–Kier alpha value is -1.09. The van der Waals surface area contributed by atoms with E-state index in [2.05, 4.69) is 0 Å². The highest BCUT2D eigenvalue weighted by molar-refractivity contribution is 5.43. The first-order valence-corrected chi connectivity index (χ1v) is 4.73. The molecule has 3 heteroatoms. The number of aliphatic hydroxyl groups is 1. The van der Waals surface area contributed by atoms with E-state index in [0.717, 1.165) is 0 Å². The standard InChI is InChI=1S/C11H13FO2/c1-7(12)8-2-3-10(13)9(6-8)11(14)4-5-11/h2-3,6-7,13-14H,4-5H2,1H3. The Bertz CT molecular complexity index is 356. The van der Waals surface area contributed by atoms with Crippen LogP contribution in [0.1, 0.15) is 37.1 Å². The predicted octanol–water partition coefficient (Wildman–Crippen LogP) is 2.40. The van der Waals surface area contributed by atoms with Crippen molar-refractivity contribution in [2.75, 3.05) is 0 Å². The Labute approximate surface area is 82.0 Å². The Morgan fingerprint density at radius 3 is 2.57 bits per heavy atom. The molecular formula is C11H13FO2. The van der Waals surface area contributed by atoms with Gasteiger partial charge < -0.3 is 10.2 Å². The van der Waals surface area contributed by atoms with Crippen LogP contribution in [0.5, 0.6) is 5.75 Å². The van der Waals surface area contributed by atoms with E-state index in [1.54, 1.807) is 6.07 Å². The van der Waals surface area contributed by atoms with Crippen molar-refractivity contribution in [2.24, 2.45) is 0 Å². The zero-order valence-corrected chi connectivity index (χ0v) is 8.00. The Balaban J connectivity index is 2.43. The van der Waals surface area contributed by atoms with Gasteiger partial charge >= 0.3 is 0 Å². The molecule has 0 aromatic heterocycles. The molecular weight excluding hydrogens is 183 g/mol. The monoisotopic (exact) mass is 196 g/mol. The summed E-state index contributed by atoms with van der Waals surface area (Å²) >= 11 is 0. The Kier molecular flexibility index (Phi) is 2.00. The third-order valence-corrected chi connectivity index (χ3v) is 2.70. The maximum atomic E-state index is 13.0. The number of alkyl halides is 1. The molecule has 1 aromatic carbocycles. The van der Waals surface area contributed by atoms with Crippen LogP contribution in [0.25, 0.3) is 0 Å². The minimum atomic E-state index is -1.07. The second-order valence-electron chi connectivity index (χ2n) is 3.92. The van der Waals surface area contributed by atoms with Gasteiger partial charge in [-0.1, -0.05) is 6.07 Å². The number of halogens is 1. The molecule has 76 valence electrons. The van der Waals surface area contributed by atoms with Crippen LogP contribution in [0, 0.1) is 0 Å². The van der Waals surface area contributed by atoms with Crippen molar-refractivity contribution < 1.29 is 14.6 Å². The first-order valence-electron chi connectivity index (χ1n) is 4.73. The van der Waals surface area contributed by atoms with E-state index in [1.165, 1.54) is 19.1 Å². The van der Waals surface area contributed by atoms with Crippen molar-refractivity contribution in [3.63, 3.8) is 0 Å².